The number of rotatable bonds is 6. The molecule has 0 saturated heterocycles. The minimum absolute atomic E-state index is 0.278. The normalized spacial score (nSPS) is 17.3. The summed E-state index contributed by atoms with van der Waals surface area (Å²) < 4.78 is 10.7. The lowest BCUT2D eigenvalue weighted by molar-refractivity contribution is -0.139. The van der Waals surface area contributed by atoms with Crippen molar-refractivity contribution in [3.05, 3.63) is 41.1 Å². The first-order valence-corrected chi connectivity index (χ1v) is 7.75. The molecule has 2 N–H and O–H groups in total. The number of ether oxygens (including phenoxy) is 2. The molecule has 0 fully saturated rings. The van der Waals surface area contributed by atoms with Crippen LogP contribution in [0.3, 0.4) is 0 Å². The van der Waals surface area contributed by atoms with Gasteiger partial charge in [-0.25, -0.2) is 9.59 Å². The fourth-order valence-corrected chi connectivity index (χ4v) is 2.40. The number of nitrogens with one attached hydrogen (secondary N) is 2. The van der Waals surface area contributed by atoms with Gasteiger partial charge in [0.2, 0.25) is 0 Å². The Morgan fingerprint density at radius 3 is 2.52 bits per heavy atom. The van der Waals surface area contributed by atoms with Gasteiger partial charge < -0.3 is 20.1 Å². The molecule has 0 spiro atoms. The first-order chi connectivity index (χ1) is 11.1. The Hall–Kier alpha value is -2.50. The first kappa shape index (κ1) is 16.9. The van der Waals surface area contributed by atoms with Gasteiger partial charge in [0.15, 0.2) is 0 Å². The van der Waals surface area contributed by atoms with Crippen LogP contribution in [0, 0.1) is 0 Å². The van der Waals surface area contributed by atoms with Crippen molar-refractivity contribution in [3.63, 3.8) is 0 Å². The summed E-state index contributed by atoms with van der Waals surface area (Å²) in [7, 11) is 0. The van der Waals surface area contributed by atoms with E-state index in [1.807, 2.05) is 31.2 Å². The number of benzene rings is 1. The van der Waals surface area contributed by atoms with E-state index in [1.165, 1.54) is 0 Å². The molecule has 0 aliphatic carbocycles. The van der Waals surface area contributed by atoms with Gasteiger partial charge in [0.1, 0.15) is 5.75 Å². The molecule has 1 atom stereocenters. The van der Waals surface area contributed by atoms with Crippen LogP contribution in [0.4, 0.5) is 4.79 Å². The van der Waals surface area contributed by atoms with E-state index in [0.717, 1.165) is 17.7 Å². The largest absolute Gasteiger partial charge is 0.494 e. The highest BCUT2D eigenvalue weighted by molar-refractivity contribution is 5.95. The van der Waals surface area contributed by atoms with Crippen molar-refractivity contribution in [2.24, 2.45) is 0 Å². The van der Waals surface area contributed by atoms with E-state index in [-0.39, 0.29) is 12.6 Å². The predicted molar refractivity (Wildman–Crippen MR) is 86.0 cm³/mol. The van der Waals surface area contributed by atoms with E-state index in [2.05, 4.69) is 10.6 Å². The van der Waals surface area contributed by atoms with Crippen LogP contribution in [0.25, 0.3) is 0 Å². The number of carbonyl (C=O) groups is 2. The zero-order valence-corrected chi connectivity index (χ0v) is 13.6. The third-order valence-corrected chi connectivity index (χ3v) is 3.45. The van der Waals surface area contributed by atoms with Crippen LogP contribution < -0.4 is 15.4 Å². The predicted octanol–water partition coefficient (Wildman–Crippen LogP) is 2.67. The molecule has 6 nitrogen and oxygen atoms in total. The molecule has 124 valence electrons. The van der Waals surface area contributed by atoms with E-state index < -0.39 is 12.0 Å². The molecule has 0 bridgehead atoms. The summed E-state index contributed by atoms with van der Waals surface area (Å²) in [6, 6.07) is 6.46. The van der Waals surface area contributed by atoms with Crippen molar-refractivity contribution >= 4 is 12.0 Å². The van der Waals surface area contributed by atoms with Crippen LogP contribution in [0.15, 0.2) is 35.5 Å². The zero-order valence-electron chi connectivity index (χ0n) is 13.6. The highest BCUT2D eigenvalue weighted by atomic mass is 16.5. The Bertz CT molecular complexity index is 608. The topological polar surface area (TPSA) is 76.7 Å². The molecule has 0 unspecified atom stereocenters. The number of hydrogen-bond donors (Lipinski definition) is 2. The Balaban J connectivity index is 2.28. The molecule has 0 saturated carbocycles. The van der Waals surface area contributed by atoms with E-state index in [1.54, 1.807) is 13.8 Å². The highest BCUT2D eigenvalue weighted by Crippen LogP contribution is 2.28. The molecule has 1 aromatic rings. The minimum Gasteiger partial charge on any atom is -0.494 e. The molecule has 0 radical (unpaired) electrons. The maximum absolute atomic E-state index is 12.2. The lowest BCUT2D eigenvalue weighted by Crippen LogP contribution is -2.45. The average Bonchev–Trinajstić information content (AvgIpc) is 2.52. The van der Waals surface area contributed by atoms with E-state index >= 15 is 0 Å². The molecule has 6 heteroatoms. The number of carbonyl (C=O) groups excluding carboxylic acids is 2. The average molecular weight is 318 g/mol. The summed E-state index contributed by atoms with van der Waals surface area (Å²) in [5.74, 6) is 0.322. The maximum atomic E-state index is 12.2. The lowest BCUT2D eigenvalue weighted by Gasteiger charge is -2.28. The lowest BCUT2D eigenvalue weighted by atomic mass is 9.95. The smallest absolute Gasteiger partial charge is 0.338 e. The van der Waals surface area contributed by atoms with E-state index in [4.69, 9.17) is 9.47 Å². The summed E-state index contributed by atoms with van der Waals surface area (Å²) in [6.07, 6.45) is 0.932. The molecule has 1 aliphatic heterocycles. The van der Waals surface area contributed by atoms with Crippen molar-refractivity contribution in [2.45, 2.75) is 33.2 Å². The minimum atomic E-state index is -0.539. The Labute approximate surface area is 135 Å². The molecule has 1 aromatic carbocycles. The molecule has 2 amide bonds. The monoisotopic (exact) mass is 318 g/mol. The number of esters is 1. The zero-order chi connectivity index (χ0) is 16.8. The van der Waals surface area contributed by atoms with E-state index in [9.17, 15) is 9.59 Å². The fraction of sp³-hybridized carbons (Fsp3) is 0.412. The molecule has 1 heterocycles. The summed E-state index contributed by atoms with van der Waals surface area (Å²) in [5, 5.41) is 5.38. The van der Waals surface area contributed by atoms with Crippen molar-refractivity contribution in [3.8, 4) is 5.75 Å². The van der Waals surface area contributed by atoms with Crippen LogP contribution in [0.2, 0.25) is 0 Å². The molecule has 23 heavy (non-hydrogen) atoms. The van der Waals surface area contributed by atoms with Gasteiger partial charge >= 0.3 is 12.0 Å². The van der Waals surface area contributed by atoms with Gasteiger partial charge in [-0.05, 0) is 38.0 Å². The SMILES string of the molecule is CCCOc1ccc([C@H]2NC(=O)NC(C)=C2C(=O)OCC)cc1. The number of allylic oxidation sites excluding steroid dienone is 1. The highest BCUT2D eigenvalue weighted by Gasteiger charge is 2.31. The van der Waals surface area contributed by atoms with Crippen LogP contribution in [-0.2, 0) is 9.53 Å². The molecule has 0 aromatic heterocycles. The Kier molecular flexibility index (Phi) is 5.62. The molecule has 2 rings (SSSR count). The Morgan fingerprint density at radius 1 is 1.22 bits per heavy atom. The van der Waals surface area contributed by atoms with Gasteiger partial charge in [0, 0.05) is 5.70 Å². The second-order valence-electron chi connectivity index (χ2n) is 5.21. The van der Waals surface area contributed by atoms with E-state index in [0.29, 0.717) is 17.9 Å². The second-order valence-corrected chi connectivity index (χ2v) is 5.21. The summed E-state index contributed by atoms with van der Waals surface area (Å²) in [6.45, 7) is 6.41. The first-order valence-electron chi connectivity index (χ1n) is 7.75. The van der Waals surface area contributed by atoms with Gasteiger partial charge in [-0.3, -0.25) is 0 Å². The third kappa shape index (κ3) is 4.03. The van der Waals surface area contributed by atoms with Crippen molar-refractivity contribution in [1.82, 2.24) is 10.6 Å². The van der Waals surface area contributed by atoms with Gasteiger partial charge in [-0.15, -0.1) is 0 Å². The van der Waals surface area contributed by atoms with Crippen LogP contribution in [0.1, 0.15) is 38.8 Å². The van der Waals surface area contributed by atoms with Crippen molar-refractivity contribution in [1.29, 1.82) is 0 Å². The van der Waals surface area contributed by atoms with Crippen LogP contribution >= 0.6 is 0 Å². The summed E-state index contributed by atoms with van der Waals surface area (Å²) in [4.78, 5) is 24.0. The summed E-state index contributed by atoms with van der Waals surface area (Å²) in [5.41, 5.74) is 1.71. The number of urea groups is 1. The van der Waals surface area contributed by atoms with Gasteiger partial charge in [0.25, 0.3) is 0 Å². The third-order valence-electron chi connectivity index (χ3n) is 3.45. The summed E-state index contributed by atoms with van der Waals surface area (Å²) >= 11 is 0. The molecule has 1 aliphatic rings. The number of hydrogen-bond acceptors (Lipinski definition) is 4. The van der Waals surface area contributed by atoms with Crippen LogP contribution in [-0.4, -0.2) is 25.2 Å². The number of amides is 2. The van der Waals surface area contributed by atoms with Crippen LogP contribution in [0.5, 0.6) is 5.75 Å². The molecular formula is C17H22N2O4. The quantitative estimate of drug-likeness (QED) is 0.791. The maximum Gasteiger partial charge on any atom is 0.338 e. The van der Waals surface area contributed by atoms with Crippen molar-refractivity contribution < 1.29 is 19.1 Å². The van der Waals surface area contributed by atoms with Gasteiger partial charge in [-0.1, -0.05) is 19.1 Å². The van der Waals surface area contributed by atoms with Gasteiger partial charge in [0.05, 0.1) is 24.8 Å². The van der Waals surface area contributed by atoms with Gasteiger partial charge in [-0.2, -0.15) is 0 Å². The standard InChI is InChI=1S/C17H22N2O4/c1-4-10-23-13-8-6-12(7-9-13)15-14(16(20)22-5-2)11(3)18-17(21)19-15/h6-9,15H,4-5,10H2,1-3H3,(H2,18,19,21)/t15-/m1/s1. The second kappa shape index (κ2) is 7.67. The molecular weight excluding hydrogens is 296 g/mol. The van der Waals surface area contributed by atoms with Crippen molar-refractivity contribution in [2.75, 3.05) is 13.2 Å². The fourth-order valence-electron chi connectivity index (χ4n) is 2.40. The Morgan fingerprint density at radius 2 is 1.91 bits per heavy atom.